The Morgan fingerprint density at radius 2 is 2.00 bits per heavy atom. The first-order chi connectivity index (χ1) is 7.15. The first-order valence-electron chi connectivity index (χ1n) is 4.97. The predicted molar refractivity (Wildman–Crippen MR) is 62.1 cm³/mol. The molecule has 0 radical (unpaired) electrons. The maximum Gasteiger partial charge on any atom is 0.235 e. The molecule has 2 nitrogen and oxygen atoms in total. The fourth-order valence-corrected chi connectivity index (χ4v) is 1.28. The van der Waals surface area contributed by atoms with E-state index in [1.807, 2.05) is 24.3 Å². The van der Waals surface area contributed by atoms with Crippen molar-refractivity contribution in [3.63, 3.8) is 0 Å². The van der Waals surface area contributed by atoms with Crippen LogP contribution in [0.5, 0.6) is 0 Å². The van der Waals surface area contributed by atoms with Gasteiger partial charge >= 0.3 is 0 Å². The number of carbonyl (C=O) groups excluding carboxylic acids is 1. The van der Waals surface area contributed by atoms with Gasteiger partial charge < -0.3 is 0 Å². The fourth-order valence-electron chi connectivity index (χ4n) is 1.28. The quantitative estimate of drug-likeness (QED) is 0.543. The third kappa shape index (κ3) is 3.19. The summed E-state index contributed by atoms with van der Waals surface area (Å²) in [6.07, 6.45) is 1.53. The number of benzene rings is 1. The van der Waals surface area contributed by atoms with E-state index in [0.29, 0.717) is 12.5 Å². The molecule has 78 valence electrons. The van der Waals surface area contributed by atoms with Crippen molar-refractivity contribution in [1.29, 1.82) is 0 Å². The van der Waals surface area contributed by atoms with Crippen LogP contribution in [0.15, 0.2) is 35.8 Å². The average Bonchev–Trinajstić information content (AvgIpc) is 2.26. The van der Waals surface area contributed by atoms with Crippen LogP contribution in [-0.4, -0.2) is 6.08 Å². The van der Waals surface area contributed by atoms with Crippen LogP contribution in [0, 0.1) is 5.92 Å². The number of aliphatic imine (C=N–C) groups is 1. The molecule has 0 aliphatic rings. The molecule has 0 spiro atoms. The Balaban J connectivity index is 2.80. The topological polar surface area (TPSA) is 29.4 Å². The van der Waals surface area contributed by atoms with Crippen molar-refractivity contribution >= 4 is 11.7 Å². The molecule has 0 fully saturated rings. The minimum atomic E-state index is 0.401. The summed E-state index contributed by atoms with van der Waals surface area (Å²) in [5, 5.41) is 0. The number of nitrogens with zero attached hydrogens (tertiary/aromatic N) is 1. The molecule has 1 aromatic carbocycles. The van der Waals surface area contributed by atoms with Crippen molar-refractivity contribution in [2.24, 2.45) is 10.9 Å². The molecule has 0 saturated heterocycles. The van der Waals surface area contributed by atoms with E-state index in [1.54, 1.807) is 0 Å². The molecule has 0 heterocycles. The van der Waals surface area contributed by atoms with E-state index in [4.69, 9.17) is 0 Å². The molecule has 15 heavy (non-hydrogen) atoms. The summed E-state index contributed by atoms with van der Waals surface area (Å²) < 4.78 is 0. The number of hydrogen-bond donors (Lipinski definition) is 0. The van der Waals surface area contributed by atoms with Gasteiger partial charge in [-0.25, -0.2) is 9.79 Å². The summed E-state index contributed by atoms with van der Waals surface area (Å²) in [4.78, 5) is 13.5. The Hall–Kier alpha value is -1.66. The number of allylic oxidation sites excluding steroid dienone is 1. The molecule has 0 unspecified atom stereocenters. The molecule has 0 aliphatic carbocycles. The second kappa shape index (κ2) is 5.28. The monoisotopic (exact) mass is 201 g/mol. The Bertz CT molecular complexity index is 384. The second-order valence-corrected chi connectivity index (χ2v) is 3.78. The molecule has 2 heteroatoms. The van der Waals surface area contributed by atoms with Gasteiger partial charge in [-0.3, -0.25) is 0 Å². The maximum atomic E-state index is 9.94. The van der Waals surface area contributed by atoms with Gasteiger partial charge in [-0.05, 0) is 22.6 Å². The highest BCUT2D eigenvalue weighted by atomic mass is 16.1. The minimum absolute atomic E-state index is 0.401. The lowest BCUT2D eigenvalue weighted by molar-refractivity contribution is 0.563. The Morgan fingerprint density at radius 3 is 2.47 bits per heavy atom. The highest BCUT2D eigenvalue weighted by molar-refractivity contribution is 5.64. The van der Waals surface area contributed by atoms with Crippen molar-refractivity contribution in [2.75, 3.05) is 0 Å². The van der Waals surface area contributed by atoms with Gasteiger partial charge in [-0.2, -0.15) is 0 Å². The van der Waals surface area contributed by atoms with Crippen LogP contribution in [-0.2, 0) is 11.3 Å². The van der Waals surface area contributed by atoms with Crippen molar-refractivity contribution in [3.05, 3.63) is 42.0 Å². The third-order valence-corrected chi connectivity index (χ3v) is 2.35. The molecule has 0 aliphatic heterocycles. The number of isocyanates is 1. The molecular formula is C13H15NO. The normalized spacial score (nSPS) is 9.80. The van der Waals surface area contributed by atoms with Gasteiger partial charge in [0.1, 0.15) is 0 Å². The zero-order chi connectivity index (χ0) is 11.3. The van der Waals surface area contributed by atoms with E-state index in [1.165, 1.54) is 6.08 Å². The van der Waals surface area contributed by atoms with Crippen molar-refractivity contribution < 1.29 is 4.79 Å². The molecule has 0 saturated carbocycles. The smallest absolute Gasteiger partial charge is 0.211 e. The van der Waals surface area contributed by atoms with E-state index in [2.05, 4.69) is 25.4 Å². The van der Waals surface area contributed by atoms with E-state index in [0.717, 1.165) is 16.7 Å². The molecular weight excluding hydrogens is 186 g/mol. The van der Waals surface area contributed by atoms with Crippen molar-refractivity contribution in [2.45, 2.75) is 20.4 Å². The first kappa shape index (κ1) is 11.4. The zero-order valence-electron chi connectivity index (χ0n) is 9.16. The molecule has 0 amide bonds. The summed E-state index contributed by atoms with van der Waals surface area (Å²) in [5.41, 5.74) is 3.28. The summed E-state index contributed by atoms with van der Waals surface area (Å²) in [5.74, 6) is 0.448. The lowest BCUT2D eigenvalue weighted by atomic mass is 9.96. The number of hydrogen-bond acceptors (Lipinski definition) is 2. The molecule has 0 bridgehead atoms. The van der Waals surface area contributed by atoms with Gasteiger partial charge in [0.05, 0.1) is 6.54 Å². The van der Waals surface area contributed by atoms with Gasteiger partial charge in [0.15, 0.2) is 0 Å². The van der Waals surface area contributed by atoms with Crippen LogP contribution in [0.25, 0.3) is 5.57 Å². The van der Waals surface area contributed by atoms with E-state index >= 15 is 0 Å². The summed E-state index contributed by atoms with van der Waals surface area (Å²) in [6, 6.07) is 7.95. The van der Waals surface area contributed by atoms with Crippen LogP contribution in [0.1, 0.15) is 25.0 Å². The Labute approximate surface area is 90.4 Å². The Kier molecular flexibility index (Phi) is 4.02. The highest BCUT2D eigenvalue weighted by Crippen LogP contribution is 2.21. The van der Waals surface area contributed by atoms with E-state index in [-0.39, 0.29) is 0 Å². The van der Waals surface area contributed by atoms with Gasteiger partial charge in [0, 0.05) is 0 Å². The average molecular weight is 201 g/mol. The van der Waals surface area contributed by atoms with Crippen LogP contribution < -0.4 is 0 Å². The summed E-state index contributed by atoms with van der Waals surface area (Å²) >= 11 is 0. The minimum Gasteiger partial charge on any atom is -0.211 e. The van der Waals surface area contributed by atoms with Crippen LogP contribution in [0.3, 0.4) is 0 Å². The lowest BCUT2D eigenvalue weighted by Crippen LogP contribution is -1.92. The maximum absolute atomic E-state index is 9.94. The van der Waals surface area contributed by atoms with Crippen LogP contribution in [0.4, 0.5) is 0 Å². The zero-order valence-corrected chi connectivity index (χ0v) is 9.16. The first-order valence-corrected chi connectivity index (χ1v) is 4.97. The fraction of sp³-hybridized carbons (Fsp3) is 0.308. The number of rotatable bonds is 4. The molecule has 0 N–H and O–H groups in total. The van der Waals surface area contributed by atoms with Crippen LogP contribution in [0.2, 0.25) is 0 Å². The predicted octanol–water partition coefficient (Wildman–Crippen LogP) is 3.19. The molecule has 0 atom stereocenters. The van der Waals surface area contributed by atoms with Gasteiger partial charge in [-0.1, -0.05) is 44.7 Å². The standard InChI is InChI=1S/C13H15NO/c1-10(2)11(3)13-6-4-12(5-7-13)8-14-9-15/h4-7,10H,3,8H2,1-2H3. The highest BCUT2D eigenvalue weighted by Gasteiger charge is 2.02. The van der Waals surface area contributed by atoms with Crippen LogP contribution >= 0.6 is 0 Å². The molecule has 1 rings (SSSR count). The summed E-state index contributed by atoms with van der Waals surface area (Å²) in [6.45, 7) is 8.67. The Morgan fingerprint density at radius 1 is 1.40 bits per heavy atom. The molecule has 0 aromatic heterocycles. The third-order valence-electron chi connectivity index (χ3n) is 2.35. The summed E-state index contributed by atoms with van der Waals surface area (Å²) in [7, 11) is 0. The largest absolute Gasteiger partial charge is 0.235 e. The van der Waals surface area contributed by atoms with Gasteiger partial charge in [0.25, 0.3) is 0 Å². The second-order valence-electron chi connectivity index (χ2n) is 3.78. The van der Waals surface area contributed by atoms with Crippen molar-refractivity contribution in [1.82, 2.24) is 0 Å². The SMILES string of the molecule is C=C(c1ccc(CN=C=O)cc1)C(C)C. The van der Waals surface area contributed by atoms with Gasteiger partial charge in [-0.15, -0.1) is 0 Å². The van der Waals surface area contributed by atoms with E-state index < -0.39 is 0 Å². The van der Waals surface area contributed by atoms with Gasteiger partial charge in [0.2, 0.25) is 6.08 Å². The van der Waals surface area contributed by atoms with E-state index in [9.17, 15) is 4.79 Å². The lowest BCUT2D eigenvalue weighted by Gasteiger charge is -2.09. The molecule has 1 aromatic rings. The van der Waals surface area contributed by atoms with Crippen molar-refractivity contribution in [3.8, 4) is 0 Å².